The third-order valence-corrected chi connectivity index (χ3v) is 9.81. The third kappa shape index (κ3) is 5.44. The van der Waals surface area contributed by atoms with Crippen LogP contribution in [0, 0.1) is 11.8 Å². The van der Waals surface area contributed by atoms with Crippen molar-refractivity contribution in [3.63, 3.8) is 0 Å². The van der Waals surface area contributed by atoms with Gasteiger partial charge in [0, 0.05) is 57.0 Å². The number of aromatic nitrogens is 1. The van der Waals surface area contributed by atoms with Gasteiger partial charge in [0.1, 0.15) is 17.6 Å². The lowest BCUT2D eigenvalue weighted by molar-refractivity contribution is -0.147. The topological polar surface area (TPSA) is 113 Å². The molecule has 0 unspecified atom stereocenters. The van der Waals surface area contributed by atoms with Gasteiger partial charge in [-0.1, -0.05) is 18.2 Å². The van der Waals surface area contributed by atoms with Crippen LogP contribution in [0.1, 0.15) is 69.7 Å². The average molecular weight is 595 g/mol. The monoisotopic (exact) mass is 594 g/mol. The number of pyridine rings is 1. The summed E-state index contributed by atoms with van der Waals surface area (Å²) in [6, 6.07) is 7.67. The Morgan fingerprint density at radius 2 is 1.88 bits per heavy atom. The van der Waals surface area contributed by atoms with Crippen LogP contribution in [0.25, 0.3) is 0 Å². The van der Waals surface area contributed by atoms with Gasteiger partial charge in [-0.15, -0.1) is 0 Å². The SMILES string of the molecule is COc1ccc(C23CC(C2)C3)cc1CN[C@H]1[C@H](C(C)(C)OC)[C@@H](C(=O)O)N(C(=O)OC(C)C)[C@H]1c1cccnc1N(C)C. The minimum atomic E-state index is -1.23. The Hall–Kier alpha value is -3.37. The van der Waals surface area contributed by atoms with Crippen LogP contribution in [-0.4, -0.2) is 79.2 Å². The van der Waals surface area contributed by atoms with E-state index < -0.39 is 47.8 Å². The van der Waals surface area contributed by atoms with Crippen molar-refractivity contribution in [3.05, 3.63) is 53.2 Å². The largest absolute Gasteiger partial charge is 0.496 e. The Morgan fingerprint density at radius 3 is 2.42 bits per heavy atom. The highest BCUT2D eigenvalue weighted by molar-refractivity contribution is 5.83. The van der Waals surface area contributed by atoms with E-state index in [1.807, 2.05) is 51.0 Å². The van der Waals surface area contributed by atoms with Gasteiger partial charge >= 0.3 is 12.1 Å². The molecular formula is C33H46N4O6. The number of methoxy groups -OCH3 is 2. The number of nitrogens with zero attached hydrogens (tertiary/aromatic N) is 3. The zero-order valence-corrected chi connectivity index (χ0v) is 26.6. The number of carboxylic acid groups (broad SMARTS) is 1. The zero-order chi connectivity index (χ0) is 31.3. The molecule has 0 spiro atoms. The summed E-state index contributed by atoms with van der Waals surface area (Å²) in [5, 5.41) is 14.4. The van der Waals surface area contributed by atoms with Crippen LogP contribution in [0.2, 0.25) is 0 Å². The molecule has 2 aromatic rings. The highest BCUT2D eigenvalue weighted by atomic mass is 16.6. The van der Waals surface area contributed by atoms with Gasteiger partial charge in [0.2, 0.25) is 0 Å². The van der Waals surface area contributed by atoms with Gasteiger partial charge in [0.05, 0.1) is 24.9 Å². The fourth-order valence-corrected chi connectivity index (χ4v) is 7.52. The average Bonchev–Trinajstić information content (AvgIpc) is 3.26. The minimum Gasteiger partial charge on any atom is -0.496 e. The number of aliphatic carboxylic acids is 1. The molecule has 4 fully saturated rings. The number of rotatable bonds is 11. The minimum absolute atomic E-state index is 0.282. The van der Waals surface area contributed by atoms with E-state index >= 15 is 0 Å². The molecule has 4 aliphatic rings. The summed E-state index contributed by atoms with van der Waals surface area (Å²) in [6.45, 7) is 7.66. The van der Waals surface area contributed by atoms with E-state index in [1.54, 1.807) is 34.3 Å². The van der Waals surface area contributed by atoms with Gasteiger partial charge in [-0.3, -0.25) is 4.90 Å². The van der Waals surface area contributed by atoms with Crippen molar-refractivity contribution in [1.82, 2.24) is 15.2 Å². The molecule has 2 heterocycles. The Morgan fingerprint density at radius 1 is 1.19 bits per heavy atom. The lowest BCUT2D eigenvalue weighted by Crippen LogP contribution is -2.55. The second-order valence-corrected chi connectivity index (χ2v) is 13.4. The van der Waals surface area contributed by atoms with E-state index in [4.69, 9.17) is 14.2 Å². The smallest absolute Gasteiger partial charge is 0.411 e. The number of benzene rings is 1. The van der Waals surface area contributed by atoms with E-state index in [2.05, 4.69) is 22.4 Å². The number of anilines is 1. The van der Waals surface area contributed by atoms with E-state index in [9.17, 15) is 14.7 Å². The summed E-state index contributed by atoms with van der Waals surface area (Å²) in [5.74, 6) is 0.492. The van der Waals surface area contributed by atoms with Gasteiger partial charge in [-0.05, 0) is 76.0 Å². The molecule has 6 rings (SSSR count). The van der Waals surface area contributed by atoms with Crippen molar-refractivity contribution in [2.45, 2.75) is 88.7 Å². The van der Waals surface area contributed by atoms with E-state index in [0.717, 1.165) is 22.8 Å². The first-order valence-corrected chi connectivity index (χ1v) is 15.1. The second-order valence-electron chi connectivity index (χ2n) is 13.4. The van der Waals surface area contributed by atoms with Crippen LogP contribution < -0.4 is 15.0 Å². The number of likely N-dealkylation sites (tertiary alicyclic amines) is 1. The maximum atomic E-state index is 13.8. The van der Waals surface area contributed by atoms with Gasteiger partial charge < -0.3 is 29.5 Å². The van der Waals surface area contributed by atoms with Crippen molar-refractivity contribution in [2.24, 2.45) is 11.8 Å². The fourth-order valence-electron chi connectivity index (χ4n) is 7.52. The first-order valence-electron chi connectivity index (χ1n) is 15.1. The van der Waals surface area contributed by atoms with E-state index in [1.165, 1.54) is 29.7 Å². The van der Waals surface area contributed by atoms with Gasteiger partial charge in [0.15, 0.2) is 0 Å². The van der Waals surface area contributed by atoms with Crippen molar-refractivity contribution < 1.29 is 28.9 Å². The molecule has 0 radical (unpaired) electrons. The number of hydrogen-bond donors (Lipinski definition) is 2. The maximum Gasteiger partial charge on any atom is 0.411 e. The zero-order valence-electron chi connectivity index (χ0n) is 26.6. The van der Waals surface area contributed by atoms with Crippen LogP contribution in [0.4, 0.5) is 10.6 Å². The first kappa shape index (κ1) is 31.1. The number of carbonyl (C=O) groups excluding carboxylic acids is 1. The molecule has 10 nitrogen and oxygen atoms in total. The molecule has 1 aliphatic heterocycles. The number of nitrogens with one attached hydrogen (secondary N) is 1. The highest BCUT2D eigenvalue weighted by Crippen LogP contribution is 2.65. The molecule has 4 atom stereocenters. The third-order valence-electron chi connectivity index (χ3n) is 9.81. The Balaban J connectivity index is 1.62. The quantitative estimate of drug-likeness (QED) is 0.380. The van der Waals surface area contributed by atoms with Crippen molar-refractivity contribution in [1.29, 1.82) is 0 Å². The molecular weight excluding hydrogens is 548 g/mol. The molecule has 2 N–H and O–H groups in total. The van der Waals surface area contributed by atoms with Crippen molar-refractivity contribution in [2.75, 3.05) is 33.2 Å². The summed E-state index contributed by atoms with van der Waals surface area (Å²) in [5.41, 5.74) is 2.40. The summed E-state index contributed by atoms with van der Waals surface area (Å²) < 4.78 is 17.4. The van der Waals surface area contributed by atoms with Crippen LogP contribution in [-0.2, 0) is 26.2 Å². The molecule has 234 valence electrons. The molecule has 3 aliphatic carbocycles. The molecule has 2 bridgehead atoms. The van der Waals surface area contributed by atoms with Gasteiger partial charge in [0.25, 0.3) is 0 Å². The summed E-state index contributed by atoms with van der Waals surface area (Å²) in [7, 11) is 7.00. The van der Waals surface area contributed by atoms with Crippen LogP contribution in [0.5, 0.6) is 5.75 Å². The normalized spacial score (nSPS) is 27.8. The molecule has 10 heteroatoms. The number of ether oxygens (including phenoxy) is 3. The van der Waals surface area contributed by atoms with Crippen LogP contribution >= 0.6 is 0 Å². The van der Waals surface area contributed by atoms with Crippen LogP contribution in [0.3, 0.4) is 0 Å². The first-order chi connectivity index (χ1) is 20.3. The van der Waals surface area contributed by atoms with E-state index in [0.29, 0.717) is 12.4 Å². The number of carboxylic acids is 1. The molecule has 43 heavy (non-hydrogen) atoms. The summed E-state index contributed by atoms with van der Waals surface area (Å²) in [6.07, 6.45) is 4.28. The maximum absolute atomic E-state index is 13.8. The Labute approximate surface area is 254 Å². The number of hydrogen-bond acceptors (Lipinski definition) is 8. The van der Waals surface area contributed by atoms with E-state index in [-0.39, 0.29) is 5.41 Å². The predicted molar refractivity (Wildman–Crippen MR) is 163 cm³/mol. The van der Waals surface area contributed by atoms with Crippen LogP contribution in [0.15, 0.2) is 36.5 Å². The number of amides is 1. The predicted octanol–water partition coefficient (Wildman–Crippen LogP) is 4.76. The molecule has 1 aromatic carbocycles. The lowest BCUT2D eigenvalue weighted by Gasteiger charge is -2.62. The molecule has 3 saturated carbocycles. The molecule has 1 amide bonds. The highest BCUT2D eigenvalue weighted by Gasteiger charge is 2.61. The second kappa shape index (κ2) is 11.6. The lowest BCUT2D eigenvalue weighted by atomic mass is 9.42. The standard InChI is InChI=1S/C33H46N4O6/c1-19(2)43-31(40)37-27(23-10-9-13-34-29(23)36(5)6)26(25(28(37)30(38)39)32(3,4)42-8)35-18-21-14-22(11-12-24(21)41-7)33-15-20(16-33)17-33/h9-14,19-20,25-28,35H,15-18H2,1-8H3,(H,38,39)/t20?,25-,26-,27-,28-,33?/m0/s1. The summed E-state index contributed by atoms with van der Waals surface area (Å²) >= 11 is 0. The fraction of sp³-hybridized carbons (Fsp3) is 0.606. The molecule has 1 aromatic heterocycles. The Kier molecular flexibility index (Phi) is 8.39. The number of carbonyl (C=O) groups is 2. The van der Waals surface area contributed by atoms with Crippen molar-refractivity contribution in [3.8, 4) is 5.75 Å². The Bertz CT molecular complexity index is 1340. The molecule has 1 saturated heterocycles. The summed E-state index contributed by atoms with van der Waals surface area (Å²) in [4.78, 5) is 34.8. The van der Waals surface area contributed by atoms with Gasteiger partial charge in [-0.2, -0.15) is 0 Å². The van der Waals surface area contributed by atoms with Gasteiger partial charge in [-0.25, -0.2) is 14.6 Å². The van der Waals surface area contributed by atoms with Crippen molar-refractivity contribution >= 4 is 17.9 Å².